The maximum absolute atomic E-state index is 12.4. The number of ketones is 1. The molecule has 0 aliphatic rings. The summed E-state index contributed by atoms with van der Waals surface area (Å²) in [6.07, 6.45) is 1.64. The van der Waals surface area contributed by atoms with Gasteiger partial charge in [-0.1, -0.05) is 0 Å². The quantitative estimate of drug-likeness (QED) is 0.805. The summed E-state index contributed by atoms with van der Waals surface area (Å²) >= 11 is 3.31. The maximum atomic E-state index is 12.4. The standard InChI is InChI=1S/C15H17BrN2O2/c1-4-18-10(2)7-13(11(18)3)14(19)9-17-8-12(16)5-6-15(17)20/h5-8H,4,9H2,1-3H3. The maximum Gasteiger partial charge on any atom is 0.251 e. The van der Waals surface area contributed by atoms with E-state index in [0.29, 0.717) is 5.56 Å². The van der Waals surface area contributed by atoms with E-state index in [4.69, 9.17) is 0 Å². The smallest absolute Gasteiger partial charge is 0.251 e. The molecule has 0 aliphatic carbocycles. The normalized spacial score (nSPS) is 10.8. The largest absolute Gasteiger partial charge is 0.349 e. The highest BCUT2D eigenvalue weighted by molar-refractivity contribution is 9.10. The number of rotatable bonds is 4. The fourth-order valence-electron chi connectivity index (χ4n) is 2.44. The van der Waals surface area contributed by atoms with Crippen LogP contribution in [0.2, 0.25) is 0 Å². The fraction of sp³-hybridized carbons (Fsp3) is 0.333. The van der Waals surface area contributed by atoms with Crippen LogP contribution in [0.4, 0.5) is 0 Å². The Balaban J connectivity index is 2.33. The topological polar surface area (TPSA) is 44.0 Å². The Bertz CT molecular complexity index is 713. The molecule has 0 saturated heterocycles. The lowest BCUT2D eigenvalue weighted by Crippen LogP contribution is -2.23. The number of carbonyl (C=O) groups is 1. The molecule has 0 N–H and O–H groups in total. The van der Waals surface area contributed by atoms with Crippen molar-refractivity contribution in [3.8, 4) is 0 Å². The van der Waals surface area contributed by atoms with Crippen molar-refractivity contribution in [2.75, 3.05) is 0 Å². The van der Waals surface area contributed by atoms with E-state index in [1.165, 1.54) is 10.6 Å². The number of nitrogens with zero attached hydrogens (tertiary/aromatic N) is 2. The van der Waals surface area contributed by atoms with Gasteiger partial charge in [0.25, 0.3) is 5.56 Å². The molecular weight excluding hydrogens is 320 g/mol. The summed E-state index contributed by atoms with van der Waals surface area (Å²) in [7, 11) is 0. The fourth-order valence-corrected chi connectivity index (χ4v) is 2.81. The van der Waals surface area contributed by atoms with E-state index >= 15 is 0 Å². The minimum Gasteiger partial charge on any atom is -0.349 e. The van der Waals surface area contributed by atoms with Gasteiger partial charge in [0, 0.05) is 40.2 Å². The molecular formula is C15H17BrN2O2. The van der Waals surface area contributed by atoms with E-state index in [1.807, 2.05) is 26.8 Å². The summed E-state index contributed by atoms with van der Waals surface area (Å²) in [5.74, 6) is -0.0435. The summed E-state index contributed by atoms with van der Waals surface area (Å²) in [5, 5.41) is 0. The number of aryl methyl sites for hydroxylation is 1. The van der Waals surface area contributed by atoms with Gasteiger partial charge in [-0.2, -0.15) is 0 Å². The molecule has 0 spiro atoms. The van der Waals surface area contributed by atoms with Crippen LogP contribution in [-0.2, 0) is 13.1 Å². The van der Waals surface area contributed by atoms with E-state index in [9.17, 15) is 9.59 Å². The molecule has 0 atom stereocenters. The van der Waals surface area contributed by atoms with Crippen molar-refractivity contribution in [1.29, 1.82) is 0 Å². The van der Waals surface area contributed by atoms with Crippen molar-refractivity contribution >= 4 is 21.7 Å². The summed E-state index contributed by atoms with van der Waals surface area (Å²) in [5.41, 5.74) is 2.54. The Kier molecular flexibility index (Phi) is 4.28. The SMILES string of the molecule is CCn1c(C)cc(C(=O)Cn2cc(Br)ccc2=O)c1C. The van der Waals surface area contributed by atoms with Crippen molar-refractivity contribution in [3.63, 3.8) is 0 Å². The second-order valence-electron chi connectivity index (χ2n) is 4.77. The monoisotopic (exact) mass is 336 g/mol. The molecule has 20 heavy (non-hydrogen) atoms. The molecule has 2 heterocycles. The van der Waals surface area contributed by atoms with E-state index < -0.39 is 0 Å². The molecule has 0 amide bonds. The second kappa shape index (κ2) is 5.79. The Morgan fingerprint density at radius 3 is 2.60 bits per heavy atom. The number of aromatic nitrogens is 2. The van der Waals surface area contributed by atoms with Crippen LogP contribution in [0.25, 0.3) is 0 Å². The molecule has 0 bridgehead atoms. The minimum atomic E-state index is -0.175. The van der Waals surface area contributed by atoms with E-state index in [1.54, 1.807) is 12.3 Å². The molecule has 5 heteroatoms. The van der Waals surface area contributed by atoms with E-state index in [-0.39, 0.29) is 17.9 Å². The van der Waals surface area contributed by atoms with Crippen LogP contribution in [-0.4, -0.2) is 14.9 Å². The van der Waals surface area contributed by atoms with Gasteiger partial charge < -0.3 is 9.13 Å². The number of pyridine rings is 1. The van der Waals surface area contributed by atoms with Gasteiger partial charge in [0.2, 0.25) is 0 Å². The van der Waals surface area contributed by atoms with Gasteiger partial charge in [-0.3, -0.25) is 9.59 Å². The van der Waals surface area contributed by atoms with E-state index in [2.05, 4.69) is 20.5 Å². The number of Topliss-reactive ketones (excluding diaryl/α,β-unsaturated/α-hetero) is 1. The molecule has 2 rings (SSSR count). The summed E-state index contributed by atoms with van der Waals surface area (Å²) < 4.78 is 4.30. The number of halogens is 1. The highest BCUT2D eigenvalue weighted by atomic mass is 79.9. The van der Waals surface area contributed by atoms with Crippen LogP contribution in [0.5, 0.6) is 0 Å². The molecule has 106 valence electrons. The second-order valence-corrected chi connectivity index (χ2v) is 5.68. The molecule has 0 fully saturated rings. The lowest BCUT2D eigenvalue weighted by atomic mass is 10.1. The number of carbonyl (C=O) groups excluding carboxylic acids is 1. The van der Waals surface area contributed by atoms with Gasteiger partial charge >= 0.3 is 0 Å². The van der Waals surface area contributed by atoms with Gasteiger partial charge in [0.05, 0.1) is 6.54 Å². The molecule has 0 radical (unpaired) electrons. The average Bonchev–Trinajstić information content (AvgIpc) is 2.69. The molecule has 4 nitrogen and oxygen atoms in total. The first kappa shape index (κ1) is 14.8. The lowest BCUT2D eigenvalue weighted by Gasteiger charge is -2.07. The van der Waals surface area contributed by atoms with Crippen LogP contribution in [0.3, 0.4) is 0 Å². The average molecular weight is 337 g/mol. The van der Waals surface area contributed by atoms with Crippen LogP contribution in [0.15, 0.2) is 33.7 Å². The van der Waals surface area contributed by atoms with E-state index in [0.717, 1.165) is 22.4 Å². The molecule has 0 aliphatic heterocycles. The van der Waals surface area contributed by atoms with Gasteiger partial charge in [-0.25, -0.2) is 0 Å². The lowest BCUT2D eigenvalue weighted by molar-refractivity contribution is 0.0970. The zero-order valence-corrected chi connectivity index (χ0v) is 13.4. The number of hydrogen-bond donors (Lipinski definition) is 0. The predicted octanol–water partition coefficient (Wildman–Crippen LogP) is 2.93. The van der Waals surface area contributed by atoms with Crippen molar-refractivity contribution in [2.45, 2.75) is 33.9 Å². The molecule has 2 aromatic heterocycles. The Hall–Kier alpha value is -1.62. The van der Waals surface area contributed by atoms with Crippen LogP contribution < -0.4 is 5.56 Å². The van der Waals surface area contributed by atoms with Gasteiger partial charge in [-0.15, -0.1) is 0 Å². The van der Waals surface area contributed by atoms with Crippen LogP contribution >= 0.6 is 15.9 Å². The van der Waals surface area contributed by atoms with Crippen LogP contribution in [0.1, 0.15) is 28.7 Å². The van der Waals surface area contributed by atoms with Gasteiger partial charge in [0.1, 0.15) is 0 Å². The van der Waals surface area contributed by atoms with Crippen LogP contribution in [0, 0.1) is 13.8 Å². The first-order valence-corrected chi connectivity index (χ1v) is 7.29. The Labute approximate surface area is 126 Å². The zero-order chi connectivity index (χ0) is 14.9. The van der Waals surface area contributed by atoms with Gasteiger partial charge in [0.15, 0.2) is 5.78 Å². The highest BCUT2D eigenvalue weighted by Gasteiger charge is 2.15. The molecule has 0 aromatic carbocycles. The van der Waals surface area contributed by atoms with Crippen molar-refractivity contribution in [2.24, 2.45) is 0 Å². The van der Waals surface area contributed by atoms with Crippen molar-refractivity contribution in [3.05, 3.63) is 56.2 Å². The molecule has 0 unspecified atom stereocenters. The molecule has 2 aromatic rings. The number of hydrogen-bond acceptors (Lipinski definition) is 2. The molecule has 0 saturated carbocycles. The van der Waals surface area contributed by atoms with Crippen molar-refractivity contribution in [1.82, 2.24) is 9.13 Å². The summed E-state index contributed by atoms with van der Waals surface area (Å²) in [4.78, 5) is 24.1. The predicted molar refractivity (Wildman–Crippen MR) is 82.3 cm³/mol. The summed E-state index contributed by atoms with van der Waals surface area (Å²) in [6.45, 7) is 6.87. The first-order chi connectivity index (χ1) is 9.43. The zero-order valence-electron chi connectivity index (χ0n) is 11.8. The Morgan fingerprint density at radius 1 is 1.30 bits per heavy atom. The third-order valence-electron chi connectivity index (χ3n) is 3.45. The first-order valence-electron chi connectivity index (χ1n) is 6.50. The third kappa shape index (κ3) is 2.77. The Morgan fingerprint density at radius 2 is 2.00 bits per heavy atom. The minimum absolute atomic E-state index is 0.0435. The third-order valence-corrected chi connectivity index (χ3v) is 3.92. The van der Waals surface area contributed by atoms with Crippen molar-refractivity contribution < 1.29 is 4.79 Å². The van der Waals surface area contributed by atoms with Gasteiger partial charge in [-0.05, 0) is 48.8 Å². The highest BCUT2D eigenvalue weighted by Crippen LogP contribution is 2.16. The summed E-state index contributed by atoms with van der Waals surface area (Å²) in [6, 6.07) is 5.02.